The molecule has 1 aliphatic rings. The first-order chi connectivity index (χ1) is 10.8. The lowest BCUT2D eigenvalue weighted by molar-refractivity contribution is 0.211. The molecule has 0 unspecified atom stereocenters. The van der Waals surface area contributed by atoms with Crippen molar-refractivity contribution < 1.29 is 0 Å². The maximum Gasteiger partial charge on any atom is 0.0992 e. The van der Waals surface area contributed by atoms with E-state index in [4.69, 9.17) is 5.26 Å². The first-order valence-electron chi connectivity index (χ1n) is 7.78. The number of likely N-dealkylation sites (tertiary alicyclic amines) is 1. The number of nitriles is 1. The molecule has 0 spiro atoms. The van der Waals surface area contributed by atoms with Gasteiger partial charge < -0.3 is 5.32 Å². The number of anilines is 1. The van der Waals surface area contributed by atoms with Crippen molar-refractivity contribution >= 4 is 5.69 Å². The van der Waals surface area contributed by atoms with Crippen molar-refractivity contribution in [2.45, 2.75) is 25.4 Å². The number of nitrogens with one attached hydrogen (secondary N) is 1. The predicted molar refractivity (Wildman–Crippen MR) is 88.4 cm³/mol. The summed E-state index contributed by atoms with van der Waals surface area (Å²) < 4.78 is 0. The largest absolute Gasteiger partial charge is 0.382 e. The molecular formula is C19H20N3. The molecule has 3 nitrogen and oxygen atoms in total. The van der Waals surface area contributed by atoms with Crippen LogP contribution >= 0.6 is 0 Å². The molecule has 0 bridgehead atoms. The fourth-order valence-corrected chi connectivity index (χ4v) is 2.92. The second-order valence-electron chi connectivity index (χ2n) is 5.78. The highest BCUT2D eigenvalue weighted by atomic mass is 15.1. The van der Waals surface area contributed by atoms with Gasteiger partial charge in [-0.2, -0.15) is 5.26 Å². The fraction of sp³-hybridized carbons (Fsp3) is 0.316. The zero-order valence-electron chi connectivity index (χ0n) is 12.6. The lowest BCUT2D eigenvalue weighted by Gasteiger charge is -2.32. The van der Waals surface area contributed by atoms with Crippen LogP contribution in [0.15, 0.2) is 48.5 Å². The highest BCUT2D eigenvalue weighted by Gasteiger charge is 2.19. The van der Waals surface area contributed by atoms with Crippen LogP contribution in [0, 0.1) is 17.4 Å². The molecule has 1 heterocycles. The van der Waals surface area contributed by atoms with E-state index in [0.717, 1.165) is 38.2 Å². The molecule has 3 rings (SSSR count). The molecule has 1 aliphatic heterocycles. The van der Waals surface area contributed by atoms with Crippen LogP contribution in [-0.4, -0.2) is 24.0 Å². The minimum absolute atomic E-state index is 0.470. The molecule has 0 aliphatic carbocycles. The highest BCUT2D eigenvalue weighted by molar-refractivity contribution is 5.48. The van der Waals surface area contributed by atoms with Crippen molar-refractivity contribution in [3.8, 4) is 6.07 Å². The summed E-state index contributed by atoms with van der Waals surface area (Å²) in [5.74, 6) is 0. The Kier molecular flexibility index (Phi) is 4.72. The summed E-state index contributed by atoms with van der Waals surface area (Å²) in [6.45, 7) is 3.23. The molecular weight excluding hydrogens is 270 g/mol. The van der Waals surface area contributed by atoms with Gasteiger partial charge in [0.2, 0.25) is 0 Å². The molecule has 111 valence electrons. The Morgan fingerprint density at radius 3 is 2.68 bits per heavy atom. The van der Waals surface area contributed by atoms with Gasteiger partial charge in [-0.25, -0.2) is 0 Å². The van der Waals surface area contributed by atoms with Crippen LogP contribution in [-0.2, 0) is 6.54 Å². The molecule has 2 aromatic carbocycles. The van der Waals surface area contributed by atoms with Crippen LogP contribution < -0.4 is 5.32 Å². The Morgan fingerprint density at radius 2 is 1.95 bits per heavy atom. The number of rotatable bonds is 4. The highest BCUT2D eigenvalue weighted by Crippen LogP contribution is 2.18. The molecule has 1 N–H and O–H groups in total. The van der Waals surface area contributed by atoms with Crippen molar-refractivity contribution in [2.24, 2.45) is 0 Å². The number of hydrogen-bond donors (Lipinski definition) is 1. The van der Waals surface area contributed by atoms with E-state index in [1.807, 2.05) is 12.1 Å². The summed E-state index contributed by atoms with van der Waals surface area (Å²) in [5.41, 5.74) is 2.99. The smallest absolute Gasteiger partial charge is 0.0992 e. The second-order valence-corrected chi connectivity index (χ2v) is 5.78. The van der Waals surface area contributed by atoms with Gasteiger partial charge >= 0.3 is 0 Å². The van der Waals surface area contributed by atoms with Crippen LogP contribution in [0.25, 0.3) is 0 Å². The zero-order valence-corrected chi connectivity index (χ0v) is 12.6. The molecule has 2 aromatic rings. The third-order valence-corrected chi connectivity index (χ3v) is 4.13. The summed E-state index contributed by atoms with van der Waals surface area (Å²) in [6, 6.07) is 21.9. The molecule has 22 heavy (non-hydrogen) atoms. The normalized spacial score (nSPS) is 16.1. The van der Waals surface area contributed by atoms with Gasteiger partial charge in [0.25, 0.3) is 0 Å². The summed E-state index contributed by atoms with van der Waals surface area (Å²) in [7, 11) is 0. The summed E-state index contributed by atoms with van der Waals surface area (Å²) in [4.78, 5) is 2.50. The first-order valence-corrected chi connectivity index (χ1v) is 7.78. The van der Waals surface area contributed by atoms with Crippen LogP contribution in [0.5, 0.6) is 0 Å². The van der Waals surface area contributed by atoms with Crippen molar-refractivity contribution in [2.75, 3.05) is 18.4 Å². The Morgan fingerprint density at radius 1 is 1.18 bits per heavy atom. The molecule has 1 fully saturated rings. The van der Waals surface area contributed by atoms with E-state index in [2.05, 4.69) is 52.7 Å². The minimum atomic E-state index is 0.470. The van der Waals surface area contributed by atoms with Gasteiger partial charge in [0.15, 0.2) is 0 Å². The van der Waals surface area contributed by atoms with Crippen molar-refractivity contribution in [1.82, 2.24) is 4.90 Å². The third-order valence-electron chi connectivity index (χ3n) is 4.13. The van der Waals surface area contributed by atoms with Crippen molar-refractivity contribution in [1.29, 1.82) is 5.26 Å². The molecule has 1 saturated heterocycles. The average Bonchev–Trinajstić information content (AvgIpc) is 2.58. The van der Waals surface area contributed by atoms with E-state index in [1.165, 1.54) is 5.56 Å². The predicted octanol–water partition coefficient (Wildman–Crippen LogP) is 3.43. The average molecular weight is 290 g/mol. The Labute approximate surface area is 132 Å². The van der Waals surface area contributed by atoms with Gasteiger partial charge in [0.05, 0.1) is 11.6 Å². The van der Waals surface area contributed by atoms with Crippen molar-refractivity contribution in [3.05, 3.63) is 65.7 Å². The first kappa shape index (κ1) is 14.6. The lowest BCUT2D eigenvalue weighted by Crippen LogP contribution is -2.38. The standard InChI is InChI=1S/C19H20N3/c20-14-17-7-4-8-19(13-17)21-18-9-11-22(12-10-18)15-16-5-2-1-3-6-16/h1-7,13,18,21H,9-12,15H2. The number of benzene rings is 2. The molecule has 3 heteroatoms. The molecule has 0 saturated carbocycles. The van der Waals surface area contributed by atoms with E-state index >= 15 is 0 Å². The van der Waals surface area contributed by atoms with Crippen molar-refractivity contribution in [3.63, 3.8) is 0 Å². The maximum atomic E-state index is 8.94. The Bertz CT molecular complexity index is 637. The van der Waals surface area contributed by atoms with Crippen LogP contribution in [0.4, 0.5) is 5.69 Å². The number of piperidine rings is 1. The molecule has 0 amide bonds. The van der Waals surface area contributed by atoms with Gasteiger partial charge in [0, 0.05) is 37.4 Å². The molecule has 0 atom stereocenters. The Balaban J connectivity index is 1.50. The van der Waals surface area contributed by atoms with E-state index in [9.17, 15) is 0 Å². The van der Waals surface area contributed by atoms with E-state index in [1.54, 1.807) is 6.07 Å². The topological polar surface area (TPSA) is 39.1 Å². The zero-order chi connectivity index (χ0) is 15.2. The SMILES string of the molecule is N#Cc1cc[c]c(NC2CCN(Cc3ccccc3)CC2)c1. The van der Waals surface area contributed by atoms with Crippen LogP contribution in [0.3, 0.4) is 0 Å². The van der Waals surface area contributed by atoms with Crippen LogP contribution in [0.1, 0.15) is 24.0 Å². The van der Waals surface area contributed by atoms with Gasteiger partial charge in [0.1, 0.15) is 0 Å². The molecule has 1 radical (unpaired) electrons. The summed E-state index contributed by atoms with van der Waals surface area (Å²) in [5, 5.41) is 12.5. The van der Waals surface area contributed by atoms with E-state index < -0.39 is 0 Å². The summed E-state index contributed by atoms with van der Waals surface area (Å²) in [6.07, 6.45) is 2.24. The van der Waals surface area contributed by atoms with E-state index in [-0.39, 0.29) is 0 Å². The fourth-order valence-electron chi connectivity index (χ4n) is 2.92. The second kappa shape index (κ2) is 7.11. The van der Waals surface area contributed by atoms with Gasteiger partial charge in [-0.05, 0) is 30.5 Å². The number of hydrogen-bond acceptors (Lipinski definition) is 3. The maximum absolute atomic E-state index is 8.94. The van der Waals surface area contributed by atoms with Gasteiger partial charge in [-0.3, -0.25) is 4.90 Å². The minimum Gasteiger partial charge on any atom is -0.382 e. The summed E-state index contributed by atoms with van der Waals surface area (Å²) >= 11 is 0. The number of nitrogens with zero attached hydrogens (tertiary/aromatic N) is 2. The van der Waals surface area contributed by atoms with Gasteiger partial charge in [-0.1, -0.05) is 36.4 Å². The lowest BCUT2D eigenvalue weighted by atomic mass is 10.0. The monoisotopic (exact) mass is 290 g/mol. The van der Waals surface area contributed by atoms with Crippen LogP contribution in [0.2, 0.25) is 0 Å². The van der Waals surface area contributed by atoms with Gasteiger partial charge in [-0.15, -0.1) is 0 Å². The quantitative estimate of drug-likeness (QED) is 0.937. The third kappa shape index (κ3) is 3.87. The molecule has 0 aromatic heterocycles. The Hall–Kier alpha value is -2.31. The van der Waals surface area contributed by atoms with E-state index in [0.29, 0.717) is 11.6 Å².